The van der Waals surface area contributed by atoms with Crippen molar-refractivity contribution in [2.24, 2.45) is 0 Å². The van der Waals surface area contributed by atoms with Gasteiger partial charge in [0.1, 0.15) is 5.69 Å². The molecule has 0 amide bonds. The van der Waals surface area contributed by atoms with Crippen LogP contribution in [0, 0.1) is 27.6 Å². The Bertz CT molecular complexity index is 791. The second-order valence-corrected chi connectivity index (χ2v) is 13.8. The molecule has 0 saturated heterocycles. The lowest BCUT2D eigenvalue weighted by molar-refractivity contribution is -0.388. The Hall–Kier alpha value is -2.03. The fourth-order valence-corrected chi connectivity index (χ4v) is 9.87. The quantitative estimate of drug-likeness (QED) is 0.220. The number of benzene rings is 1. The second kappa shape index (κ2) is 8.77. The van der Waals surface area contributed by atoms with Gasteiger partial charge >= 0.3 is 5.69 Å². The van der Waals surface area contributed by atoms with Gasteiger partial charge in [-0.25, -0.2) is 8.78 Å². The minimum absolute atomic E-state index is 0.138. The lowest BCUT2D eigenvalue weighted by Crippen LogP contribution is -2.48. The summed E-state index contributed by atoms with van der Waals surface area (Å²) in [6.45, 7) is 13.4. The van der Waals surface area contributed by atoms with Crippen LogP contribution in [0.4, 0.5) is 24.5 Å². The van der Waals surface area contributed by atoms with Gasteiger partial charge in [-0.15, -0.1) is 0 Å². The van der Waals surface area contributed by atoms with E-state index in [4.69, 9.17) is 4.43 Å². The van der Waals surface area contributed by atoms with Crippen molar-refractivity contribution < 1.29 is 22.5 Å². The Balaban J connectivity index is 2.30. The van der Waals surface area contributed by atoms with Crippen molar-refractivity contribution in [2.75, 3.05) is 18.0 Å². The third kappa shape index (κ3) is 4.29. The Morgan fingerprint density at radius 1 is 1.07 bits per heavy atom. The van der Waals surface area contributed by atoms with E-state index in [0.717, 1.165) is 5.76 Å². The molecule has 0 N–H and O–H groups in total. The summed E-state index contributed by atoms with van der Waals surface area (Å²) in [4.78, 5) is 11.0. The van der Waals surface area contributed by atoms with Crippen LogP contribution in [-0.2, 0) is 4.43 Å². The number of nitro groups is 1. The third-order valence-electron chi connectivity index (χ3n) is 5.81. The highest BCUT2D eigenvalue weighted by Gasteiger charge is 2.47. The molecule has 1 aromatic carbocycles. The summed E-state index contributed by atoms with van der Waals surface area (Å²) in [5.41, 5.74) is -0.620. The number of hydrogen-bond acceptors (Lipinski definition) is 4. The van der Waals surface area contributed by atoms with Crippen molar-refractivity contribution in [2.45, 2.75) is 64.6 Å². The van der Waals surface area contributed by atoms with Crippen molar-refractivity contribution in [3.63, 3.8) is 0 Å². The zero-order chi connectivity index (χ0) is 22.1. The summed E-state index contributed by atoms with van der Waals surface area (Å²) in [5.74, 6) is -3.54. The maximum Gasteiger partial charge on any atom is 0.310 e. The van der Waals surface area contributed by atoms with Crippen LogP contribution in [0.15, 0.2) is 17.9 Å². The van der Waals surface area contributed by atoms with Gasteiger partial charge in [0.25, 0.3) is 8.32 Å². The zero-order valence-electron chi connectivity index (χ0n) is 17.8. The highest BCUT2D eigenvalue weighted by molar-refractivity contribution is 6.77. The highest BCUT2D eigenvalue weighted by atomic mass is 28.4. The minimum Gasteiger partial charge on any atom is -0.546 e. The molecule has 1 aromatic rings. The van der Waals surface area contributed by atoms with Gasteiger partial charge in [-0.05, 0) is 22.7 Å². The monoisotopic (exact) mass is 430 g/mol. The van der Waals surface area contributed by atoms with Gasteiger partial charge in [-0.3, -0.25) is 10.1 Å². The molecule has 5 nitrogen and oxygen atoms in total. The summed E-state index contributed by atoms with van der Waals surface area (Å²) < 4.78 is 49.2. The molecule has 0 fully saturated rings. The predicted octanol–water partition coefficient (Wildman–Crippen LogP) is 6.30. The maximum atomic E-state index is 14.3. The van der Waals surface area contributed by atoms with Crippen LogP contribution in [0.3, 0.4) is 0 Å². The number of nitrogens with zero attached hydrogens (tertiary/aromatic N) is 2. The maximum absolute atomic E-state index is 14.3. The molecule has 2 rings (SSSR count). The molecule has 1 heterocycles. The average molecular weight is 431 g/mol. The van der Waals surface area contributed by atoms with E-state index in [2.05, 4.69) is 41.5 Å². The normalized spacial score (nSPS) is 15.3. The summed E-state index contributed by atoms with van der Waals surface area (Å²) in [6.07, 6.45) is 2.20. The van der Waals surface area contributed by atoms with Gasteiger partial charge in [-0.1, -0.05) is 41.5 Å². The van der Waals surface area contributed by atoms with Crippen LogP contribution in [0.25, 0.3) is 0 Å². The smallest absolute Gasteiger partial charge is 0.310 e. The lowest BCUT2D eigenvalue weighted by Gasteiger charge is -2.44. The first kappa shape index (κ1) is 23.2. The Morgan fingerprint density at radius 2 is 1.62 bits per heavy atom. The first-order chi connectivity index (χ1) is 13.4. The molecule has 1 aliphatic rings. The fraction of sp³-hybridized carbons (Fsp3) is 0.600. The molecule has 0 saturated carbocycles. The summed E-state index contributed by atoms with van der Waals surface area (Å²) in [5, 5.41) is 10.8. The lowest BCUT2D eigenvalue weighted by atomic mass is 10.1. The van der Waals surface area contributed by atoms with Crippen molar-refractivity contribution in [1.82, 2.24) is 0 Å². The van der Waals surface area contributed by atoms with E-state index in [1.165, 1.54) is 4.90 Å². The van der Waals surface area contributed by atoms with E-state index >= 15 is 0 Å². The molecular formula is C20H29F3N2O3Si. The van der Waals surface area contributed by atoms with Gasteiger partial charge in [0.05, 0.1) is 16.7 Å². The Labute approximate surface area is 170 Å². The molecule has 0 bridgehead atoms. The van der Waals surface area contributed by atoms with Crippen LogP contribution in [0.1, 0.15) is 48.0 Å². The molecule has 0 unspecified atom stereocenters. The summed E-state index contributed by atoms with van der Waals surface area (Å²) in [6, 6.07) is 0.428. The first-order valence-electron chi connectivity index (χ1n) is 9.88. The highest BCUT2D eigenvalue weighted by Crippen LogP contribution is 2.44. The molecular weight excluding hydrogens is 401 g/mol. The van der Waals surface area contributed by atoms with E-state index < -0.39 is 42.1 Å². The van der Waals surface area contributed by atoms with Crippen LogP contribution in [0.5, 0.6) is 0 Å². The van der Waals surface area contributed by atoms with Crippen molar-refractivity contribution in [3.05, 3.63) is 45.5 Å². The molecule has 9 heteroatoms. The van der Waals surface area contributed by atoms with Gasteiger partial charge < -0.3 is 9.33 Å². The SMILES string of the molecule is CC(C)[Si](OC1=CCN(c2c(F)cc([N+](=O)[O-])c(F)c2F)CC1)(C(C)C)C(C)C. The molecule has 0 aliphatic carbocycles. The van der Waals surface area contributed by atoms with Crippen LogP contribution >= 0.6 is 0 Å². The van der Waals surface area contributed by atoms with Crippen LogP contribution in [-0.4, -0.2) is 26.3 Å². The summed E-state index contributed by atoms with van der Waals surface area (Å²) >= 11 is 0. The zero-order valence-corrected chi connectivity index (χ0v) is 18.8. The van der Waals surface area contributed by atoms with E-state index in [1.807, 2.05) is 0 Å². The summed E-state index contributed by atoms with van der Waals surface area (Å²) in [7, 11) is -2.14. The second-order valence-electron chi connectivity index (χ2n) is 8.40. The number of nitro benzene ring substituents is 1. The van der Waals surface area contributed by atoms with Gasteiger partial charge in [0, 0.05) is 19.5 Å². The van der Waals surface area contributed by atoms with Crippen molar-refractivity contribution in [3.8, 4) is 0 Å². The average Bonchev–Trinajstić information content (AvgIpc) is 2.62. The van der Waals surface area contributed by atoms with E-state index in [1.54, 1.807) is 6.08 Å². The van der Waals surface area contributed by atoms with E-state index in [0.29, 0.717) is 29.1 Å². The molecule has 29 heavy (non-hydrogen) atoms. The fourth-order valence-electron chi connectivity index (χ4n) is 4.52. The first-order valence-corrected chi connectivity index (χ1v) is 12.0. The van der Waals surface area contributed by atoms with Gasteiger partial charge in [0.15, 0.2) is 11.6 Å². The minimum atomic E-state index is -2.14. The molecule has 162 valence electrons. The number of anilines is 1. The molecule has 0 aromatic heterocycles. The van der Waals surface area contributed by atoms with Gasteiger partial charge in [0.2, 0.25) is 5.82 Å². The van der Waals surface area contributed by atoms with E-state index in [-0.39, 0.29) is 13.1 Å². The number of hydrogen-bond donors (Lipinski definition) is 0. The standard InChI is InChI=1S/C20H29F3N2O3Si/c1-12(2)29(13(3)4,14(5)6)28-15-7-9-24(10-8-15)20-16(21)11-17(25(26)27)18(22)19(20)23/h7,11-14H,8-10H2,1-6H3. The van der Waals surface area contributed by atoms with Crippen LogP contribution < -0.4 is 4.90 Å². The van der Waals surface area contributed by atoms with Crippen LogP contribution in [0.2, 0.25) is 16.6 Å². The molecule has 0 spiro atoms. The Morgan fingerprint density at radius 3 is 2.03 bits per heavy atom. The topological polar surface area (TPSA) is 55.6 Å². The van der Waals surface area contributed by atoms with Gasteiger partial charge in [-0.2, -0.15) is 4.39 Å². The Kier molecular flexibility index (Phi) is 7.03. The third-order valence-corrected chi connectivity index (χ3v) is 11.8. The van der Waals surface area contributed by atoms with E-state index in [9.17, 15) is 23.3 Å². The number of rotatable bonds is 7. The predicted molar refractivity (Wildman–Crippen MR) is 110 cm³/mol. The van der Waals surface area contributed by atoms with Crippen molar-refractivity contribution >= 4 is 19.7 Å². The number of halogens is 3. The largest absolute Gasteiger partial charge is 0.546 e. The molecule has 0 atom stereocenters. The van der Waals surface area contributed by atoms with Crippen molar-refractivity contribution in [1.29, 1.82) is 0 Å². The molecule has 1 aliphatic heterocycles. The molecule has 0 radical (unpaired) electrons.